The molecule has 2 aliphatic rings. The predicted molar refractivity (Wildman–Crippen MR) is 110 cm³/mol. The Morgan fingerprint density at radius 1 is 0.897 bits per heavy atom. The van der Waals surface area contributed by atoms with E-state index in [0.29, 0.717) is 36.0 Å². The summed E-state index contributed by atoms with van der Waals surface area (Å²) in [7, 11) is 0. The third-order valence-corrected chi connectivity index (χ3v) is 4.71. The van der Waals surface area contributed by atoms with Crippen LogP contribution < -0.4 is 14.5 Å². The topological polar surface area (TPSA) is 64.0 Å². The summed E-state index contributed by atoms with van der Waals surface area (Å²) in [4.78, 5) is 17.3. The maximum atomic E-state index is 13.3. The fourth-order valence-corrected chi connectivity index (χ4v) is 3.33. The summed E-state index contributed by atoms with van der Waals surface area (Å²) in [6, 6.07) is 18.7. The molecule has 0 aliphatic carbocycles. The first kappa shape index (κ1) is 17.2. The largest absolute Gasteiger partial charge is 0.486 e. The van der Waals surface area contributed by atoms with Crippen molar-refractivity contribution in [3.8, 4) is 11.5 Å². The Balaban J connectivity index is 1.59. The lowest BCUT2D eigenvalue weighted by Gasteiger charge is -2.18. The molecule has 5 rings (SSSR count). The molecular weight excluding hydrogens is 366 g/mol. The van der Waals surface area contributed by atoms with E-state index in [9.17, 15) is 4.79 Å². The van der Waals surface area contributed by atoms with Crippen molar-refractivity contribution in [2.45, 2.75) is 0 Å². The number of hydrazone groups is 1. The third kappa shape index (κ3) is 3.25. The van der Waals surface area contributed by atoms with E-state index >= 15 is 0 Å². The van der Waals surface area contributed by atoms with Gasteiger partial charge in [0.05, 0.1) is 11.3 Å². The Labute approximate surface area is 167 Å². The Bertz CT molecular complexity index is 1120. The number of pyridine rings is 1. The highest BCUT2D eigenvalue weighted by atomic mass is 16.6. The molecule has 0 radical (unpaired) electrons. The van der Waals surface area contributed by atoms with E-state index < -0.39 is 0 Å². The van der Waals surface area contributed by atoms with Gasteiger partial charge in [-0.3, -0.25) is 9.78 Å². The van der Waals surface area contributed by atoms with Crippen molar-refractivity contribution in [3.63, 3.8) is 0 Å². The molecule has 3 aromatic rings. The molecular formula is C23H17N3O3. The van der Waals surface area contributed by atoms with Gasteiger partial charge >= 0.3 is 0 Å². The summed E-state index contributed by atoms with van der Waals surface area (Å²) in [5.41, 5.74) is 3.51. The van der Waals surface area contributed by atoms with Crippen molar-refractivity contribution in [2.24, 2.45) is 5.10 Å². The zero-order chi connectivity index (χ0) is 19.6. The van der Waals surface area contributed by atoms with Crippen LogP contribution in [0.2, 0.25) is 0 Å². The van der Waals surface area contributed by atoms with Crippen molar-refractivity contribution in [3.05, 3.63) is 89.8 Å². The van der Waals surface area contributed by atoms with Gasteiger partial charge in [-0.1, -0.05) is 24.3 Å². The molecule has 142 valence electrons. The number of hydrogen-bond donors (Lipinski definition) is 0. The minimum atomic E-state index is -0.182. The number of aromatic nitrogens is 1. The first-order chi connectivity index (χ1) is 14.3. The molecule has 2 aliphatic heterocycles. The molecule has 0 bridgehead atoms. The summed E-state index contributed by atoms with van der Waals surface area (Å²) in [5.74, 6) is 1.21. The quantitative estimate of drug-likeness (QED) is 0.647. The van der Waals surface area contributed by atoms with Gasteiger partial charge in [-0.25, -0.2) is 0 Å². The molecule has 3 heterocycles. The minimum absolute atomic E-state index is 0.182. The van der Waals surface area contributed by atoms with E-state index in [1.807, 2.05) is 66.7 Å². The molecule has 6 nitrogen and oxygen atoms in total. The van der Waals surface area contributed by atoms with Gasteiger partial charge in [0.2, 0.25) is 0 Å². The molecule has 0 spiro atoms. The van der Waals surface area contributed by atoms with E-state index in [0.717, 1.165) is 16.8 Å². The van der Waals surface area contributed by atoms with E-state index in [1.54, 1.807) is 12.4 Å². The number of fused-ring (bicyclic) bond motifs is 1. The molecule has 1 aromatic heterocycles. The summed E-state index contributed by atoms with van der Waals surface area (Å²) in [6.07, 6.45) is 5.22. The van der Waals surface area contributed by atoms with E-state index in [1.165, 1.54) is 5.01 Å². The van der Waals surface area contributed by atoms with Crippen LogP contribution in [-0.2, 0) is 4.79 Å². The Morgan fingerprint density at radius 3 is 2.45 bits per heavy atom. The Morgan fingerprint density at radius 2 is 1.66 bits per heavy atom. The second kappa shape index (κ2) is 7.24. The molecule has 0 saturated heterocycles. The number of benzene rings is 2. The number of para-hydroxylation sites is 1. The van der Waals surface area contributed by atoms with Crippen LogP contribution >= 0.6 is 0 Å². The SMILES string of the molecule is O=C1/C(=C\c2ccc3c(c2)OCCO3)C(c2ccncc2)=NN1c1ccccc1. The number of carbonyl (C=O) groups is 1. The highest BCUT2D eigenvalue weighted by Gasteiger charge is 2.32. The fourth-order valence-electron chi connectivity index (χ4n) is 3.33. The average molecular weight is 383 g/mol. The number of rotatable bonds is 3. The van der Waals surface area contributed by atoms with Crippen LogP contribution in [0, 0.1) is 0 Å². The van der Waals surface area contributed by atoms with Crippen LogP contribution in [0.3, 0.4) is 0 Å². The number of anilines is 1. The number of ether oxygens (including phenoxy) is 2. The zero-order valence-corrected chi connectivity index (χ0v) is 15.5. The van der Waals surface area contributed by atoms with Gasteiger partial charge in [0.25, 0.3) is 5.91 Å². The number of hydrogen-bond acceptors (Lipinski definition) is 5. The van der Waals surface area contributed by atoms with Crippen molar-refractivity contribution in [1.82, 2.24) is 4.98 Å². The van der Waals surface area contributed by atoms with Crippen LogP contribution in [0.1, 0.15) is 11.1 Å². The molecule has 0 unspecified atom stereocenters. The molecule has 6 heteroatoms. The zero-order valence-electron chi connectivity index (χ0n) is 15.5. The maximum Gasteiger partial charge on any atom is 0.281 e. The normalized spacial score (nSPS) is 16.8. The average Bonchev–Trinajstić information content (AvgIpc) is 3.11. The van der Waals surface area contributed by atoms with E-state index in [2.05, 4.69) is 10.1 Å². The van der Waals surface area contributed by atoms with Crippen molar-refractivity contribution in [1.29, 1.82) is 0 Å². The number of nitrogens with zero attached hydrogens (tertiary/aromatic N) is 3. The van der Waals surface area contributed by atoms with Gasteiger partial charge in [-0.05, 0) is 48.0 Å². The summed E-state index contributed by atoms with van der Waals surface area (Å²) < 4.78 is 11.3. The molecule has 2 aromatic carbocycles. The molecule has 0 saturated carbocycles. The maximum absolute atomic E-state index is 13.3. The second-order valence-corrected chi connectivity index (χ2v) is 6.60. The van der Waals surface area contributed by atoms with Crippen LogP contribution in [-0.4, -0.2) is 29.8 Å². The van der Waals surface area contributed by atoms with Crippen molar-refractivity contribution < 1.29 is 14.3 Å². The molecule has 0 fully saturated rings. The first-order valence-corrected chi connectivity index (χ1v) is 9.30. The lowest BCUT2D eigenvalue weighted by atomic mass is 10.0. The highest BCUT2D eigenvalue weighted by Crippen LogP contribution is 2.33. The van der Waals surface area contributed by atoms with Gasteiger partial charge in [0.15, 0.2) is 11.5 Å². The predicted octanol–water partition coefficient (Wildman–Crippen LogP) is 3.69. The molecule has 29 heavy (non-hydrogen) atoms. The standard InChI is InChI=1S/C23H17N3O3/c27-23-19(14-16-6-7-20-21(15-16)29-13-12-28-20)22(17-8-10-24-11-9-17)25-26(23)18-4-2-1-3-5-18/h1-11,14-15H,12-13H2/b19-14-. The number of amides is 1. The van der Waals surface area contributed by atoms with Crippen LogP contribution in [0.15, 0.2) is 83.7 Å². The van der Waals surface area contributed by atoms with Crippen molar-refractivity contribution >= 4 is 23.4 Å². The second-order valence-electron chi connectivity index (χ2n) is 6.60. The summed E-state index contributed by atoms with van der Waals surface area (Å²) in [5, 5.41) is 6.05. The number of carbonyl (C=O) groups excluding carboxylic acids is 1. The molecule has 0 atom stereocenters. The fraction of sp³-hybridized carbons (Fsp3) is 0.0870. The molecule has 1 amide bonds. The highest BCUT2D eigenvalue weighted by molar-refractivity contribution is 6.37. The minimum Gasteiger partial charge on any atom is -0.486 e. The Hall–Kier alpha value is -3.93. The Kier molecular flexibility index (Phi) is 4.29. The first-order valence-electron chi connectivity index (χ1n) is 9.30. The monoisotopic (exact) mass is 383 g/mol. The lowest BCUT2D eigenvalue weighted by molar-refractivity contribution is -0.114. The van der Waals surface area contributed by atoms with E-state index in [-0.39, 0.29) is 5.91 Å². The van der Waals surface area contributed by atoms with Crippen molar-refractivity contribution in [2.75, 3.05) is 18.2 Å². The van der Waals surface area contributed by atoms with Crippen LogP contribution in [0.5, 0.6) is 11.5 Å². The summed E-state index contributed by atoms with van der Waals surface area (Å²) in [6.45, 7) is 1.05. The third-order valence-electron chi connectivity index (χ3n) is 4.71. The summed E-state index contributed by atoms with van der Waals surface area (Å²) >= 11 is 0. The lowest BCUT2D eigenvalue weighted by Crippen LogP contribution is -2.21. The van der Waals surface area contributed by atoms with Crippen LogP contribution in [0.4, 0.5) is 5.69 Å². The molecule has 0 N–H and O–H groups in total. The van der Waals surface area contributed by atoms with Gasteiger partial charge in [0, 0.05) is 18.0 Å². The van der Waals surface area contributed by atoms with Gasteiger partial charge in [-0.2, -0.15) is 10.1 Å². The van der Waals surface area contributed by atoms with E-state index in [4.69, 9.17) is 9.47 Å². The smallest absolute Gasteiger partial charge is 0.281 e. The van der Waals surface area contributed by atoms with Gasteiger partial charge < -0.3 is 9.47 Å². The van der Waals surface area contributed by atoms with Gasteiger partial charge in [0.1, 0.15) is 18.9 Å². The van der Waals surface area contributed by atoms with Crippen LogP contribution in [0.25, 0.3) is 6.08 Å². The van der Waals surface area contributed by atoms with Gasteiger partial charge in [-0.15, -0.1) is 0 Å².